The molecule has 3 heterocycles. The quantitative estimate of drug-likeness (QED) is 0.749. The SMILES string of the molecule is CN1CCC(O)(Cn2ccnc2-c2cnc(-c3ccc(Cl)cc3)nc2)CC1. The molecule has 0 unspecified atom stereocenters. The Hall–Kier alpha value is -2.28. The topological polar surface area (TPSA) is 67.1 Å². The molecule has 1 aliphatic rings. The van der Waals surface area contributed by atoms with Gasteiger partial charge in [-0.05, 0) is 44.2 Å². The third-order valence-corrected chi connectivity index (χ3v) is 5.36. The number of benzene rings is 1. The zero-order valence-corrected chi connectivity index (χ0v) is 16.0. The largest absolute Gasteiger partial charge is 0.388 e. The monoisotopic (exact) mass is 383 g/mol. The molecule has 1 aliphatic heterocycles. The van der Waals surface area contributed by atoms with Crippen molar-refractivity contribution >= 4 is 11.6 Å². The molecule has 0 aliphatic carbocycles. The molecule has 140 valence electrons. The van der Waals surface area contributed by atoms with Crippen LogP contribution in [0.3, 0.4) is 0 Å². The summed E-state index contributed by atoms with van der Waals surface area (Å²) in [6.07, 6.45) is 8.71. The van der Waals surface area contributed by atoms with Crippen molar-refractivity contribution in [1.82, 2.24) is 24.4 Å². The van der Waals surface area contributed by atoms with E-state index in [4.69, 9.17) is 11.6 Å². The van der Waals surface area contributed by atoms with E-state index in [-0.39, 0.29) is 0 Å². The normalized spacial score (nSPS) is 17.1. The zero-order chi connectivity index (χ0) is 18.9. The van der Waals surface area contributed by atoms with E-state index in [0.717, 1.165) is 42.9 Å². The Bertz CT molecular complexity index is 899. The fraction of sp³-hybridized carbons (Fsp3) is 0.350. The lowest BCUT2D eigenvalue weighted by Crippen LogP contribution is -2.45. The second-order valence-corrected chi connectivity index (χ2v) is 7.65. The van der Waals surface area contributed by atoms with Crippen LogP contribution in [0.4, 0.5) is 0 Å². The summed E-state index contributed by atoms with van der Waals surface area (Å²) in [6, 6.07) is 7.44. The molecule has 1 saturated heterocycles. The Labute approximate surface area is 163 Å². The Morgan fingerprint density at radius 2 is 1.70 bits per heavy atom. The number of aliphatic hydroxyl groups is 1. The number of rotatable bonds is 4. The standard InChI is InChI=1S/C20H22ClN5O/c1-25-9-6-20(27,7-10-25)14-26-11-8-22-19(26)16-12-23-18(24-13-16)15-2-4-17(21)5-3-15/h2-5,8,11-13,27H,6-7,9-10,14H2,1H3. The molecular formula is C20H22ClN5O. The van der Waals surface area contributed by atoms with Gasteiger partial charge < -0.3 is 14.6 Å². The lowest BCUT2D eigenvalue weighted by Gasteiger charge is -2.37. The van der Waals surface area contributed by atoms with Crippen LogP contribution >= 0.6 is 11.6 Å². The Morgan fingerprint density at radius 3 is 2.37 bits per heavy atom. The Kier molecular flexibility index (Phi) is 4.95. The van der Waals surface area contributed by atoms with Crippen LogP contribution in [0.15, 0.2) is 49.1 Å². The van der Waals surface area contributed by atoms with Gasteiger partial charge in [-0.1, -0.05) is 11.6 Å². The van der Waals surface area contributed by atoms with Crippen LogP contribution in [-0.2, 0) is 6.54 Å². The molecule has 3 aromatic rings. The number of nitrogens with zero attached hydrogens (tertiary/aromatic N) is 5. The summed E-state index contributed by atoms with van der Waals surface area (Å²) in [5, 5.41) is 11.6. The van der Waals surface area contributed by atoms with Crippen molar-refractivity contribution in [2.45, 2.75) is 25.0 Å². The lowest BCUT2D eigenvalue weighted by molar-refractivity contribution is -0.0287. The van der Waals surface area contributed by atoms with E-state index in [1.165, 1.54) is 0 Å². The van der Waals surface area contributed by atoms with Crippen LogP contribution in [0.1, 0.15) is 12.8 Å². The summed E-state index contributed by atoms with van der Waals surface area (Å²) in [5.74, 6) is 1.41. The van der Waals surface area contributed by atoms with Crippen molar-refractivity contribution in [2.24, 2.45) is 0 Å². The summed E-state index contributed by atoms with van der Waals surface area (Å²) in [7, 11) is 2.09. The van der Waals surface area contributed by atoms with Gasteiger partial charge in [0, 0.05) is 48.5 Å². The van der Waals surface area contributed by atoms with Crippen molar-refractivity contribution in [3.05, 3.63) is 54.1 Å². The lowest BCUT2D eigenvalue weighted by atomic mass is 9.91. The van der Waals surface area contributed by atoms with Crippen LogP contribution in [-0.4, -0.2) is 55.3 Å². The molecule has 0 bridgehead atoms. The molecule has 1 N–H and O–H groups in total. The van der Waals surface area contributed by atoms with Gasteiger partial charge in [0.05, 0.1) is 17.7 Å². The Morgan fingerprint density at radius 1 is 1.04 bits per heavy atom. The smallest absolute Gasteiger partial charge is 0.159 e. The van der Waals surface area contributed by atoms with E-state index < -0.39 is 5.60 Å². The van der Waals surface area contributed by atoms with Gasteiger partial charge in [-0.2, -0.15) is 0 Å². The summed E-state index contributed by atoms with van der Waals surface area (Å²) in [5.41, 5.74) is 1.04. The second-order valence-electron chi connectivity index (χ2n) is 7.21. The molecule has 1 aromatic carbocycles. The number of piperidine rings is 1. The summed E-state index contributed by atoms with van der Waals surface area (Å²) in [6.45, 7) is 2.33. The number of halogens is 1. The van der Waals surface area contributed by atoms with Crippen molar-refractivity contribution in [1.29, 1.82) is 0 Å². The molecule has 0 saturated carbocycles. The van der Waals surface area contributed by atoms with Crippen LogP contribution in [0.5, 0.6) is 0 Å². The van der Waals surface area contributed by atoms with Crippen molar-refractivity contribution in [3.8, 4) is 22.8 Å². The summed E-state index contributed by atoms with van der Waals surface area (Å²) in [4.78, 5) is 15.6. The van der Waals surface area contributed by atoms with E-state index in [1.54, 1.807) is 18.6 Å². The highest BCUT2D eigenvalue weighted by atomic mass is 35.5. The van der Waals surface area contributed by atoms with Crippen LogP contribution in [0.2, 0.25) is 5.02 Å². The van der Waals surface area contributed by atoms with Crippen LogP contribution in [0, 0.1) is 0 Å². The number of likely N-dealkylation sites (tertiary alicyclic amines) is 1. The number of imidazole rings is 1. The molecule has 0 radical (unpaired) electrons. The molecule has 0 amide bonds. The van der Waals surface area contributed by atoms with Gasteiger partial charge in [0.25, 0.3) is 0 Å². The molecule has 1 fully saturated rings. The molecule has 2 aromatic heterocycles. The minimum atomic E-state index is -0.702. The maximum Gasteiger partial charge on any atom is 0.159 e. The maximum absolute atomic E-state index is 10.9. The highest BCUT2D eigenvalue weighted by Gasteiger charge is 2.32. The molecule has 0 atom stereocenters. The van der Waals surface area contributed by atoms with Gasteiger partial charge in [-0.25, -0.2) is 15.0 Å². The van der Waals surface area contributed by atoms with Crippen molar-refractivity contribution < 1.29 is 5.11 Å². The fourth-order valence-corrected chi connectivity index (χ4v) is 3.52. The van der Waals surface area contributed by atoms with Crippen LogP contribution in [0.25, 0.3) is 22.8 Å². The third-order valence-electron chi connectivity index (χ3n) is 5.11. The van der Waals surface area contributed by atoms with E-state index in [0.29, 0.717) is 17.4 Å². The first kappa shape index (κ1) is 18.1. The van der Waals surface area contributed by atoms with E-state index in [1.807, 2.05) is 35.0 Å². The predicted octanol–water partition coefficient (Wildman–Crippen LogP) is 3.12. The van der Waals surface area contributed by atoms with Gasteiger partial charge in [0.15, 0.2) is 5.82 Å². The highest BCUT2D eigenvalue weighted by Crippen LogP contribution is 2.26. The van der Waals surface area contributed by atoms with E-state index in [2.05, 4.69) is 26.9 Å². The van der Waals surface area contributed by atoms with Crippen molar-refractivity contribution in [3.63, 3.8) is 0 Å². The second kappa shape index (κ2) is 7.38. The molecule has 0 spiro atoms. The number of aromatic nitrogens is 4. The average Bonchev–Trinajstić information content (AvgIpc) is 3.13. The van der Waals surface area contributed by atoms with Gasteiger partial charge in [0.2, 0.25) is 0 Å². The van der Waals surface area contributed by atoms with Gasteiger partial charge in [-0.3, -0.25) is 0 Å². The Balaban J connectivity index is 1.54. The van der Waals surface area contributed by atoms with Gasteiger partial charge >= 0.3 is 0 Å². The molecular weight excluding hydrogens is 362 g/mol. The molecule has 4 rings (SSSR count). The van der Waals surface area contributed by atoms with Gasteiger partial charge in [0.1, 0.15) is 5.82 Å². The zero-order valence-electron chi connectivity index (χ0n) is 15.2. The molecule has 27 heavy (non-hydrogen) atoms. The van der Waals surface area contributed by atoms with Crippen molar-refractivity contribution in [2.75, 3.05) is 20.1 Å². The predicted molar refractivity (Wildman–Crippen MR) is 105 cm³/mol. The first-order valence-corrected chi connectivity index (χ1v) is 9.41. The number of hydrogen-bond acceptors (Lipinski definition) is 5. The third kappa shape index (κ3) is 4.03. The fourth-order valence-electron chi connectivity index (χ4n) is 3.40. The highest BCUT2D eigenvalue weighted by molar-refractivity contribution is 6.30. The number of hydrogen-bond donors (Lipinski definition) is 1. The molecule has 7 heteroatoms. The summed E-state index contributed by atoms with van der Waals surface area (Å²) >= 11 is 5.93. The summed E-state index contributed by atoms with van der Waals surface area (Å²) < 4.78 is 1.99. The van der Waals surface area contributed by atoms with E-state index in [9.17, 15) is 5.11 Å². The minimum Gasteiger partial charge on any atom is -0.388 e. The molecule has 6 nitrogen and oxygen atoms in total. The maximum atomic E-state index is 10.9. The minimum absolute atomic E-state index is 0.523. The first-order chi connectivity index (χ1) is 13.0. The van der Waals surface area contributed by atoms with Gasteiger partial charge in [-0.15, -0.1) is 0 Å². The van der Waals surface area contributed by atoms with E-state index >= 15 is 0 Å². The van der Waals surface area contributed by atoms with Crippen LogP contribution < -0.4 is 0 Å². The first-order valence-electron chi connectivity index (χ1n) is 9.03. The average molecular weight is 384 g/mol.